The van der Waals surface area contributed by atoms with Gasteiger partial charge in [-0.05, 0) is 55.4 Å². The second-order valence-corrected chi connectivity index (χ2v) is 6.11. The molecule has 0 aliphatic rings. The summed E-state index contributed by atoms with van der Waals surface area (Å²) in [6.45, 7) is 5.30. The highest BCUT2D eigenvalue weighted by molar-refractivity contribution is 6.30. The maximum Gasteiger partial charge on any atom is 0.251 e. The number of rotatable bonds is 7. The van der Waals surface area contributed by atoms with E-state index in [9.17, 15) is 9.59 Å². The minimum absolute atomic E-state index is 0. The first-order valence-electron chi connectivity index (χ1n) is 8.16. The second kappa shape index (κ2) is 10.8. The molecule has 140 valence electrons. The minimum Gasteiger partial charge on any atom is -0.341 e. The molecule has 0 aromatic heterocycles. The molecule has 2 aromatic carbocycles. The van der Waals surface area contributed by atoms with Gasteiger partial charge in [-0.25, -0.2) is 0 Å². The van der Waals surface area contributed by atoms with Crippen molar-refractivity contribution >= 4 is 41.5 Å². The predicted octanol–water partition coefficient (Wildman–Crippen LogP) is 3.63. The highest BCUT2D eigenvalue weighted by Crippen LogP contribution is 2.12. The van der Waals surface area contributed by atoms with Crippen LogP contribution in [0.4, 0.5) is 5.69 Å². The molecule has 5 nitrogen and oxygen atoms in total. The highest BCUT2D eigenvalue weighted by Gasteiger charge is 2.16. The maximum absolute atomic E-state index is 12.3. The second-order valence-electron chi connectivity index (χ2n) is 5.67. The average Bonchev–Trinajstić information content (AvgIpc) is 2.60. The first kappa shape index (κ1) is 22.0. The van der Waals surface area contributed by atoms with Crippen molar-refractivity contribution < 1.29 is 9.59 Å². The van der Waals surface area contributed by atoms with Gasteiger partial charge in [0.05, 0.1) is 0 Å². The van der Waals surface area contributed by atoms with E-state index in [1.165, 1.54) is 0 Å². The molecule has 26 heavy (non-hydrogen) atoms. The molecule has 7 heteroatoms. The molecule has 0 saturated carbocycles. The Kier molecular flexibility index (Phi) is 9.13. The molecule has 3 N–H and O–H groups in total. The largest absolute Gasteiger partial charge is 0.341 e. The van der Waals surface area contributed by atoms with E-state index in [0.29, 0.717) is 16.3 Å². The van der Waals surface area contributed by atoms with Crippen molar-refractivity contribution in [2.24, 2.45) is 0 Å². The molecule has 0 heterocycles. The van der Waals surface area contributed by atoms with Crippen LogP contribution in [-0.4, -0.2) is 24.4 Å². The van der Waals surface area contributed by atoms with Gasteiger partial charge in [-0.1, -0.05) is 30.7 Å². The van der Waals surface area contributed by atoms with Crippen LogP contribution in [0.25, 0.3) is 0 Å². The van der Waals surface area contributed by atoms with Crippen LogP contribution in [-0.2, 0) is 11.3 Å². The number of anilines is 1. The van der Waals surface area contributed by atoms with Crippen molar-refractivity contribution in [1.29, 1.82) is 0 Å². The van der Waals surface area contributed by atoms with Gasteiger partial charge in [0.1, 0.15) is 6.04 Å². The fourth-order valence-electron chi connectivity index (χ4n) is 2.23. The summed E-state index contributed by atoms with van der Waals surface area (Å²) < 4.78 is 0. The lowest BCUT2D eigenvalue weighted by atomic mass is 10.1. The molecular formula is C19H23Cl2N3O2. The van der Waals surface area contributed by atoms with E-state index in [0.717, 1.165) is 18.7 Å². The molecule has 0 radical (unpaired) electrons. The van der Waals surface area contributed by atoms with Crippen LogP contribution in [0.1, 0.15) is 29.8 Å². The summed E-state index contributed by atoms with van der Waals surface area (Å²) >= 11 is 5.81. The van der Waals surface area contributed by atoms with Gasteiger partial charge in [-0.15, -0.1) is 12.4 Å². The molecule has 0 bridgehead atoms. The fraction of sp³-hybridized carbons (Fsp3) is 0.263. The van der Waals surface area contributed by atoms with Crippen molar-refractivity contribution in [3.8, 4) is 0 Å². The Morgan fingerprint density at radius 2 is 1.81 bits per heavy atom. The lowest BCUT2D eigenvalue weighted by molar-refractivity contribution is -0.117. The van der Waals surface area contributed by atoms with Crippen molar-refractivity contribution in [3.63, 3.8) is 0 Å². The van der Waals surface area contributed by atoms with E-state index in [1.807, 2.05) is 31.2 Å². The predicted molar refractivity (Wildman–Crippen MR) is 108 cm³/mol. The number of benzene rings is 2. The van der Waals surface area contributed by atoms with Crippen molar-refractivity contribution in [2.75, 3.05) is 11.9 Å². The monoisotopic (exact) mass is 395 g/mol. The standard InChI is InChI=1S/C19H22ClN3O2.ClH/c1-3-21-12-14-5-4-6-17(11-14)23-18(24)13(2)22-19(25)15-7-9-16(20)10-8-15;/h4-11,13,21H,3,12H2,1-2H3,(H,22,25)(H,23,24);1H. The normalized spacial score (nSPS) is 11.2. The Balaban J connectivity index is 0.00000338. The number of nitrogens with one attached hydrogen (secondary N) is 3. The van der Waals surface area contributed by atoms with Gasteiger partial charge < -0.3 is 16.0 Å². The fourth-order valence-corrected chi connectivity index (χ4v) is 2.35. The molecule has 2 rings (SSSR count). The van der Waals surface area contributed by atoms with E-state index >= 15 is 0 Å². The first-order valence-corrected chi connectivity index (χ1v) is 8.54. The molecule has 0 spiro atoms. The topological polar surface area (TPSA) is 70.2 Å². The summed E-state index contributed by atoms with van der Waals surface area (Å²) in [5, 5.41) is 9.29. The summed E-state index contributed by atoms with van der Waals surface area (Å²) in [5.41, 5.74) is 2.24. The quantitative estimate of drug-likeness (QED) is 0.670. The molecule has 2 aromatic rings. The Hall–Kier alpha value is -2.08. The van der Waals surface area contributed by atoms with Gasteiger partial charge in [0, 0.05) is 22.8 Å². The zero-order valence-electron chi connectivity index (χ0n) is 14.7. The van der Waals surface area contributed by atoms with Gasteiger partial charge in [-0.3, -0.25) is 9.59 Å². The third-order valence-corrected chi connectivity index (χ3v) is 3.87. The number of hydrogen-bond donors (Lipinski definition) is 3. The van der Waals surface area contributed by atoms with Crippen molar-refractivity contribution in [2.45, 2.75) is 26.4 Å². The smallest absolute Gasteiger partial charge is 0.251 e. The number of halogens is 2. The number of carbonyl (C=O) groups is 2. The third-order valence-electron chi connectivity index (χ3n) is 3.62. The molecule has 0 saturated heterocycles. The summed E-state index contributed by atoms with van der Waals surface area (Å²) in [7, 11) is 0. The van der Waals surface area contributed by atoms with Crippen LogP contribution in [0, 0.1) is 0 Å². The molecule has 0 aliphatic carbocycles. The van der Waals surface area contributed by atoms with E-state index in [4.69, 9.17) is 11.6 Å². The lowest BCUT2D eigenvalue weighted by Gasteiger charge is -2.15. The summed E-state index contributed by atoms with van der Waals surface area (Å²) in [5.74, 6) is -0.594. The molecule has 0 fully saturated rings. The van der Waals surface area contributed by atoms with Gasteiger partial charge in [0.2, 0.25) is 5.91 Å². The molecular weight excluding hydrogens is 373 g/mol. The van der Waals surface area contributed by atoms with Gasteiger partial charge in [0.25, 0.3) is 5.91 Å². The molecule has 0 aliphatic heterocycles. The molecule has 1 atom stereocenters. The number of hydrogen-bond acceptors (Lipinski definition) is 3. The minimum atomic E-state index is -0.666. The van der Waals surface area contributed by atoms with Crippen LogP contribution in [0.3, 0.4) is 0 Å². The van der Waals surface area contributed by atoms with E-state index in [1.54, 1.807) is 31.2 Å². The third kappa shape index (κ3) is 6.67. The first-order chi connectivity index (χ1) is 12.0. The van der Waals surface area contributed by atoms with E-state index in [2.05, 4.69) is 16.0 Å². The SMILES string of the molecule is CCNCc1cccc(NC(=O)C(C)NC(=O)c2ccc(Cl)cc2)c1.Cl. The Bertz CT molecular complexity index is 736. The van der Waals surface area contributed by atoms with Crippen LogP contribution < -0.4 is 16.0 Å². The number of amides is 2. The van der Waals surface area contributed by atoms with E-state index in [-0.39, 0.29) is 24.2 Å². The summed E-state index contributed by atoms with van der Waals surface area (Å²) in [6.07, 6.45) is 0. The molecule has 2 amide bonds. The average molecular weight is 396 g/mol. The van der Waals surface area contributed by atoms with Gasteiger partial charge in [0.15, 0.2) is 0 Å². The Morgan fingerprint density at radius 3 is 2.46 bits per heavy atom. The van der Waals surface area contributed by atoms with Crippen LogP contribution in [0.2, 0.25) is 5.02 Å². The van der Waals surface area contributed by atoms with Crippen molar-refractivity contribution in [3.05, 3.63) is 64.7 Å². The zero-order valence-corrected chi connectivity index (χ0v) is 16.3. The highest BCUT2D eigenvalue weighted by atomic mass is 35.5. The van der Waals surface area contributed by atoms with Crippen LogP contribution >= 0.6 is 24.0 Å². The molecule has 1 unspecified atom stereocenters. The Morgan fingerprint density at radius 1 is 1.12 bits per heavy atom. The van der Waals surface area contributed by atoms with E-state index < -0.39 is 6.04 Å². The zero-order chi connectivity index (χ0) is 18.2. The maximum atomic E-state index is 12.3. The van der Waals surface area contributed by atoms with Crippen LogP contribution in [0.5, 0.6) is 0 Å². The lowest BCUT2D eigenvalue weighted by Crippen LogP contribution is -2.41. The summed E-state index contributed by atoms with van der Waals surface area (Å²) in [6, 6.07) is 13.5. The van der Waals surface area contributed by atoms with Crippen molar-refractivity contribution in [1.82, 2.24) is 10.6 Å². The van der Waals surface area contributed by atoms with Gasteiger partial charge in [-0.2, -0.15) is 0 Å². The van der Waals surface area contributed by atoms with Crippen LogP contribution in [0.15, 0.2) is 48.5 Å². The number of carbonyl (C=O) groups excluding carboxylic acids is 2. The summed E-state index contributed by atoms with van der Waals surface area (Å²) in [4.78, 5) is 24.4. The van der Waals surface area contributed by atoms with Gasteiger partial charge >= 0.3 is 0 Å². The Labute approximate surface area is 164 Å².